The maximum Gasteiger partial charge on any atom is 0.186 e. The van der Waals surface area contributed by atoms with Crippen LogP contribution in [0.1, 0.15) is 13.8 Å². The van der Waals surface area contributed by atoms with Crippen LogP contribution in [0, 0.1) is 0 Å². The molecule has 5 rings (SSSR count). The maximum absolute atomic E-state index is 6.02. The van der Waals surface area contributed by atoms with Crippen molar-refractivity contribution in [1.82, 2.24) is 35.3 Å². The SMILES string of the molecule is CC(C)Oc1cc2[nH]ncc2cc1Nc1ncnc2n[nH]c(-c3ccncc3)c12. The van der Waals surface area contributed by atoms with E-state index in [1.54, 1.807) is 18.6 Å². The number of hydrogen-bond donors (Lipinski definition) is 3. The lowest BCUT2D eigenvalue weighted by atomic mass is 10.1. The van der Waals surface area contributed by atoms with Crippen LogP contribution in [0.2, 0.25) is 0 Å². The third-order valence-corrected chi connectivity index (χ3v) is 4.48. The fourth-order valence-electron chi connectivity index (χ4n) is 3.23. The summed E-state index contributed by atoms with van der Waals surface area (Å²) in [5.41, 5.74) is 4.03. The molecule has 4 aromatic heterocycles. The summed E-state index contributed by atoms with van der Waals surface area (Å²) in [6.07, 6.45) is 6.75. The Hall–Kier alpha value is -4.01. The predicted octanol–water partition coefficient (Wildman–Crippen LogP) is 3.82. The number of rotatable bonds is 5. The first-order valence-electron chi connectivity index (χ1n) is 9.19. The Balaban J connectivity index is 1.65. The zero-order valence-corrected chi connectivity index (χ0v) is 15.8. The highest BCUT2D eigenvalue weighted by atomic mass is 16.5. The molecule has 5 aromatic rings. The highest BCUT2D eigenvalue weighted by molar-refractivity contribution is 6.00. The minimum absolute atomic E-state index is 0.0163. The van der Waals surface area contributed by atoms with Crippen molar-refractivity contribution in [3.63, 3.8) is 0 Å². The number of aromatic amines is 2. The van der Waals surface area contributed by atoms with E-state index in [-0.39, 0.29) is 6.10 Å². The number of anilines is 2. The van der Waals surface area contributed by atoms with Crippen molar-refractivity contribution in [3.8, 4) is 17.0 Å². The minimum atomic E-state index is 0.0163. The van der Waals surface area contributed by atoms with Crippen LogP contribution in [0.5, 0.6) is 5.75 Å². The zero-order valence-electron chi connectivity index (χ0n) is 15.8. The lowest BCUT2D eigenvalue weighted by molar-refractivity contribution is 0.244. The van der Waals surface area contributed by atoms with Crippen molar-refractivity contribution < 1.29 is 4.74 Å². The number of fused-ring (bicyclic) bond motifs is 2. The number of benzene rings is 1. The molecule has 0 aliphatic carbocycles. The highest BCUT2D eigenvalue weighted by Gasteiger charge is 2.17. The molecule has 0 radical (unpaired) electrons. The zero-order chi connectivity index (χ0) is 19.8. The van der Waals surface area contributed by atoms with Gasteiger partial charge < -0.3 is 10.1 Å². The summed E-state index contributed by atoms with van der Waals surface area (Å²) in [4.78, 5) is 12.8. The van der Waals surface area contributed by atoms with E-state index < -0.39 is 0 Å². The van der Waals surface area contributed by atoms with Crippen LogP contribution in [-0.2, 0) is 0 Å². The van der Waals surface area contributed by atoms with Gasteiger partial charge in [0.05, 0.1) is 34.6 Å². The Kier molecular flexibility index (Phi) is 4.05. The molecule has 1 aromatic carbocycles. The Bertz CT molecular complexity index is 1290. The van der Waals surface area contributed by atoms with E-state index in [0.29, 0.717) is 17.2 Å². The van der Waals surface area contributed by atoms with Crippen LogP contribution in [0.15, 0.2) is 49.2 Å². The summed E-state index contributed by atoms with van der Waals surface area (Å²) in [5, 5.41) is 19.6. The van der Waals surface area contributed by atoms with Gasteiger partial charge in [-0.15, -0.1) is 0 Å². The molecule has 0 spiro atoms. The van der Waals surface area contributed by atoms with Crippen molar-refractivity contribution in [3.05, 3.63) is 49.2 Å². The van der Waals surface area contributed by atoms with E-state index in [9.17, 15) is 0 Å². The molecule has 0 saturated carbocycles. The number of nitrogens with zero attached hydrogens (tertiary/aromatic N) is 5. The van der Waals surface area contributed by atoms with Gasteiger partial charge in [-0.2, -0.15) is 10.2 Å². The second-order valence-electron chi connectivity index (χ2n) is 6.85. The van der Waals surface area contributed by atoms with Gasteiger partial charge >= 0.3 is 0 Å². The van der Waals surface area contributed by atoms with E-state index in [4.69, 9.17) is 4.74 Å². The van der Waals surface area contributed by atoms with Gasteiger partial charge in [0.25, 0.3) is 0 Å². The fourth-order valence-corrected chi connectivity index (χ4v) is 3.23. The number of nitrogens with one attached hydrogen (secondary N) is 3. The van der Waals surface area contributed by atoms with Crippen LogP contribution < -0.4 is 10.1 Å². The molecule has 9 nitrogen and oxygen atoms in total. The largest absolute Gasteiger partial charge is 0.489 e. The van der Waals surface area contributed by atoms with Crippen molar-refractivity contribution in [1.29, 1.82) is 0 Å². The molecule has 0 amide bonds. The van der Waals surface area contributed by atoms with Crippen LogP contribution in [-0.4, -0.2) is 41.5 Å². The summed E-state index contributed by atoms with van der Waals surface area (Å²) in [7, 11) is 0. The maximum atomic E-state index is 6.02. The smallest absolute Gasteiger partial charge is 0.186 e. The lowest BCUT2D eigenvalue weighted by Gasteiger charge is -2.16. The third-order valence-electron chi connectivity index (χ3n) is 4.48. The van der Waals surface area contributed by atoms with Gasteiger partial charge in [-0.25, -0.2) is 9.97 Å². The van der Waals surface area contributed by atoms with Gasteiger partial charge in [-0.1, -0.05) is 0 Å². The minimum Gasteiger partial charge on any atom is -0.489 e. The van der Waals surface area contributed by atoms with Crippen molar-refractivity contribution >= 4 is 33.4 Å². The summed E-state index contributed by atoms with van der Waals surface area (Å²) in [6.45, 7) is 3.98. The second kappa shape index (κ2) is 6.86. The molecule has 0 atom stereocenters. The molecule has 3 N–H and O–H groups in total. The number of H-pyrrole nitrogens is 2. The van der Waals surface area contributed by atoms with Gasteiger partial charge in [-0.3, -0.25) is 15.2 Å². The average Bonchev–Trinajstić information content (AvgIpc) is 3.35. The molecule has 9 heteroatoms. The van der Waals surface area contributed by atoms with Gasteiger partial charge in [0.1, 0.15) is 17.9 Å². The monoisotopic (exact) mass is 386 g/mol. The van der Waals surface area contributed by atoms with E-state index in [1.165, 1.54) is 6.33 Å². The first-order chi connectivity index (χ1) is 14.2. The molecule has 0 fully saturated rings. The average molecular weight is 386 g/mol. The molecular weight excluding hydrogens is 368 g/mol. The fraction of sp³-hybridized carbons (Fsp3) is 0.150. The number of ether oxygens (including phenoxy) is 1. The number of pyridine rings is 1. The van der Waals surface area contributed by atoms with Crippen LogP contribution in [0.25, 0.3) is 33.2 Å². The molecule has 0 bridgehead atoms. The molecule has 0 saturated heterocycles. The normalized spacial score (nSPS) is 11.4. The van der Waals surface area contributed by atoms with Crippen molar-refractivity contribution in [2.24, 2.45) is 0 Å². The van der Waals surface area contributed by atoms with E-state index in [0.717, 1.165) is 33.2 Å². The van der Waals surface area contributed by atoms with Gasteiger partial charge in [-0.05, 0) is 32.0 Å². The van der Waals surface area contributed by atoms with Gasteiger partial charge in [0, 0.05) is 29.4 Å². The molecule has 0 aliphatic rings. The van der Waals surface area contributed by atoms with Gasteiger partial charge in [0.2, 0.25) is 0 Å². The topological polar surface area (TPSA) is 117 Å². The molecule has 144 valence electrons. The molecule has 0 aliphatic heterocycles. The number of hydrogen-bond acceptors (Lipinski definition) is 7. The van der Waals surface area contributed by atoms with Crippen molar-refractivity contribution in [2.45, 2.75) is 20.0 Å². The van der Waals surface area contributed by atoms with Crippen molar-refractivity contribution in [2.75, 3.05) is 5.32 Å². The van der Waals surface area contributed by atoms with E-state index in [2.05, 4.69) is 40.7 Å². The third kappa shape index (κ3) is 3.12. The highest BCUT2D eigenvalue weighted by Crippen LogP contribution is 2.36. The first-order valence-corrected chi connectivity index (χ1v) is 9.19. The summed E-state index contributed by atoms with van der Waals surface area (Å²) < 4.78 is 6.02. The second-order valence-corrected chi connectivity index (χ2v) is 6.85. The predicted molar refractivity (Wildman–Crippen MR) is 110 cm³/mol. The Morgan fingerprint density at radius 2 is 1.93 bits per heavy atom. The van der Waals surface area contributed by atoms with Gasteiger partial charge in [0.15, 0.2) is 5.65 Å². The standard InChI is InChI=1S/C20H18N8O/c1-11(2)29-16-8-14-13(9-24-26-14)7-15(16)25-19-17-18(12-3-5-21-6-4-12)27-28-20(17)23-10-22-19/h3-11H,1-2H3,(H,24,26)(H2,22,23,25,27,28). The Labute approximate surface area is 165 Å². The molecule has 0 unspecified atom stereocenters. The summed E-state index contributed by atoms with van der Waals surface area (Å²) in [6, 6.07) is 7.74. The number of aromatic nitrogens is 7. The summed E-state index contributed by atoms with van der Waals surface area (Å²) in [5.74, 6) is 1.34. The summed E-state index contributed by atoms with van der Waals surface area (Å²) >= 11 is 0. The first kappa shape index (κ1) is 17.1. The quantitative estimate of drug-likeness (QED) is 0.420. The van der Waals surface area contributed by atoms with E-state index >= 15 is 0 Å². The molecule has 29 heavy (non-hydrogen) atoms. The molecular formula is C20H18N8O. The molecule has 4 heterocycles. The van der Waals surface area contributed by atoms with Crippen LogP contribution in [0.3, 0.4) is 0 Å². The Morgan fingerprint density at radius 1 is 1.07 bits per heavy atom. The van der Waals surface area contributed by atoms with E-state index in [1.807, 2.05) is 38.1 Å². The van der Waals surface area contributed by atoms with Crippen LogP contribution in [0.4, 0.5) is 11.5 Å². The lowest BCUT2D eigenvalue weighted by Crippen LogP contribution is -2.08. The van der Waals surface area contributed by atoms with Crippen LogP contribution >= 0.6 is 0 Å². The Morgan fingerprint density at radius 3 is 2.76 bits per heavy atom.